The van der Waals surface area contributed by atoms with Crippen molar-refractivity contribution in [2.45, 2.75) is 33.6 Å². The zero-order valence-corrected chi connectivity index (χ0v) is 10.5. The van der Waals surface area contributed by atoms with E-state index in [1.807, 2.05) is 32.5 Å². The fraction of sp³-hybridized carbons (Fsp3) is 0.667. The third kappa shape index (κ3) is 3.17. The highest BCUT2D eigenvalue weighted by Crippen LogP contribution is 2.12. The second-order valence-corrected chi connectivity index (χ2v) is 4.04. The number of Topliss-reactive ketones (excluding diaryl/α,β-unsaturated/α-hetero) is 1. The second kappa shape index (κ2) is 5.80. The summed E-state index contributed by atoms with van der Waals surface area (Å²) in [5.41, 5.74) is 3.03. The van der Waals surface area contributed by atoms with Crippen LogP contribution in [0.1, 0.15) is 30.3 Å². The van der Waals surface area contributed by atoms with Crippen molar-refractivity contribution in [2.75, 3.05) is 13.2 Å². The van der Waals surface area contributed by atoms with Crippen LogP contribution in [-0.2, 0) is 23.0 Å². The number of hydrogen-bond donors (Lipinski definition) is 0. The van der Waals surface area contributed by atoms with Crippen LogP contribution in [0.5, 0.6) is 0 Å². The van der Waals surface area contributed by atoms with Crippen LogP contribution in [0, 0.1) is 13.8 Å². The van der Waals surface area contributed by atoms with Gasteiger partial charge >= 0.3 is 0 Å². The smallest absolute Gasteiger partial charge is 0.162 e. The lowest BCUT2D eigenvalue weighted by molar-refractivity contribution is -0.122. The van der Waals surface area contributed by atoms with Gasteiger partial charge in [0, 0.05) is 31.3 Å². The lowest BCUT2D eigenvalue weighted by Gasteiger charge is -2.03. The van der Waals surface area contributed by atoms with Gasteiger partial charge in [0.15, 0.2) is 5.78 Å². The summed E-state index contributed by atoms with van der Waals surface area (Å²) >= 11 is 0. The van der Waals surface area contributed by atoms with Gasteiger partial charge in [-0.3, -0.25) is 9.48 Å². The van der Waals surface area contributed by atoms with Gasteiger partial charge in [0.1, 0.15) is 6.61 Å². The van der Waals surface area contributed by atoms with Crippen LogP contribution in [0.4, 0.5) is 0 Å². The summed E-state index contributed by atoms with van der Waals surface area (Å²) in [5, 5.41) is 4.28. The summed E-state index contributed by atoms with van der Waals surface area (Å²) < 4.78 is 7.04. The van der Waals surface area contributed by atoms with Crippen LogP contribution >= 0.6 is 0 Å². The Morgan fingerprint density at radius 3 is 2.62 bits per heavy atom. The average Bonchev–Trinajstić information content (AvgIpc) is 2.46. The SMILES string of the molecule is CCCOCC(=O)Cc1c(C)nn(C)c1C. The lowest BCUT2D eigenvalue weighted by Crippen LogP contribution is -2.13. The number of rotatable bonds is 6. The van der Waals surface area contributed by atoms with E-state index in [0.29, 0.717) is 13.0 Å². The van der Waals surface area contributed by atoms with E-state index in [1.165, 1.54) is 0 Å². The summed E-state index contributed by atoms with van der Waals surface area (Å²) in [7, 11) is 1.89. The van der Waals surface area contributed by atoms with Gasteiger partial charge in [-0.2, -0.15) is 5.10 Å². The number of ketones is 1. The first-order valence-corrected chi connectivity index (χ1v) is 5.64. The Balaban J connectivity index is 2.56. The number of nitrogens with zero attached hydrogens (tertiary/aromatic N) is 2. The molecule has 0 radical (unpaired) electrons. The molecule has 0 aliphatic carbocycles. The van der Waals surface area contributed by atoms with Gasteiger partial charge in [-0.05, 0) is 20.3 Å². The number of ether oxygens (including phenoxy) is 1. The molecule has 0 atom stereocenters. The fourth-order valence-electron chi connectivity index (χ4n) is 1.65. The molecule has 90 valence electrons. The summed E-state index contributed by atoms with van der Waals surface area (Å²) in [6.45, 7) is 6.80. The molecule has 1 aromatic heterocycles. The largest absolute Gasteiger partial charge is 0.374 e. The van der Waals surface area contributed by atoms with E-state index in [-0.39, 0.29) is 12.4 Å². The van der Waals surface area contributed by atoms with Crippen molar-refractivity contribution in [3.8, 4) is 0 Å². The molecule has 0 aliphatic heterocycles. The third-order valence-electron chi connectivity index (χ3n) is 2.64. The zero-order chi connectivity index (χ0) is 12.1. The normalized spacial score (nSPS) is 10.8. The quantitative estimate of drug-likeness (QED) is 0.689. The summed E-state index contributed by atoms with van der Waals surface area (Å²) in [5.74, 6) is 0.118. The molecule has 4 heteroatoms. The number of carbonyl (C=O) groups is 1. The molecule has 0 aromatic carbocycles. The van der Waals surface area contributed by atoms with E-state index in [2.05, 4.69) is 5.10 Å². The van der Waals surface area contributed by atoms with Crippen molar-refractivity contribution in [3.63, 3.8) is 0 Å². The van der Waals surface area contributed by atoms with Gasteiger partial charge in [-0.25, -0.2) is 0 Å². The number of aromatic nitrogens is 2. The Hall–Kier alpha value is -1.16. The molecule has 0 bridgehead atoms. The molecule has 0 unspecified atom stereocenters. The predicted molar refractivity (Wildman–Crippen MR) is 62.5 cm³/mol. The number of carbonyl (C=O) groups excluding carboxylic acids is 1. The van der Waals surface area contributed by atoms with E-state index in [4.69, 9.17) is 4.74 Å². The minimum absolute atomic E-state index is 0.118. The maximum absolute atomic E-state index is 11.6. The van der Waals surface area contributed by atoms with Crippen molar-refractivity contribution in [2.24, 2.45) is 7.05 Å². The van der Waals surface area contributed by atoms with Gasteiger partial charge in [-0.1, -0.05) is 6.92 Å². The van der Waals surface area contributed by atoms with Crippen molar-refractivity contribution in [1.29, 1.82) is 0 Å². The fourth-order valence-corrected chi connectivity index (χ4v) is 1.65. The number of aryl methyl sites for hydroxylation is 2. The maximum atomic E-state index is 11.6. The first-order chi connectivity index (χ1) is 7.56. The van der Waals surface area contributed by atoms with Gasteiger partial charge in [0.2, 0.25) is 0 Å². The van der Waals surface area contributed by atoms with Crippen LogP contribution in [0.25, 0.3) is 0 Å². The maximum Gasteiger partial charge on any atom is 0.162 e. The molecule has 0 fully saturated rings. The highest BCUT2D eigenvalue weighted by molar-refractivity contribution is 5.82. The first-order valence-electron chi connectivity index (χ1n) is 5.64. The van der Waals surface area contributed by atoms with E-state index >= 15 is 0 Å². The van der Waals surface area contributed by atoms with E-state index in [9.17, 15) is 4.79 Å². The van der Waals surface area contributed by atoms with Gasteiger partial charge in [-0.15, -0.1) is 0 Å². The third-order valence-corrected chi connectivity index (χ3v) is 2.64. The minimum atomic E-state index is 0.118. The molecule has 0 spiro atoms. The van der Waals surface area contributed by atoms with Crippen LogP contribution in [0.3, 0.4) is 0 Å². The highest BCUT2D eigenvalue weighted by Gasteiger charge is 2.13. The first kappa shape index (κ1) is 12.9. The Kier molecular flexibility index (Phi) is 4.68. The molecule has 1 heterocycles. The Morgan fingerprint density at radius 2 is 2.12 bits per heavy atom. The average molecular weight is 224 g/mol. The van der Waals surface area contributed by atoms with Gasteiger partial charge in [0.05, 0.1) is 5.69 Å². The van der Waals surface area contributed by atoms with Crippen LogP contribution in [-0.4, -0.2) is 28.8 Å². The summed E-state index contributed by atoms with van der Waals surface area (Å²) in [6, 6.07) is 0. The summed E-state index contributed by atoms with van der Waals surface area (Å²) in [6.07, 6.45) is 1.37. The van der Waals surface area contributed by atoms with Crippen molar-refractivity contribution >= 4 is 5.78 Å². The van der Waals surface area contributed by atoms with Crippen LogP contribution < -0.4 is 0 Å². The molecule has 0 saturated carbocycles. The molecule has 1 rings (SSSR count). The van der Waals surface area contributed by atoms with Crippen LogP contribution in [0.15, 0.2) is 0 Å². The molecular formula is C12H20N2O2. The standard InChI is InChI=1S/C12H20N2O2/c1-5-6-16-8-11(15)7-12-9(2)13-14(4)10(12)3/h5-8H2,1-4H3. The highest BCUT2D eigenvalue weighted by atomic mass is 16.5. The Morgan fingerprint density at radius 1 is 1.44 bits per heavy atom. The number of hydrogen-bond acceptors (Lipinski definition) is 3. The monoisotopic (exact) mass is 224 g/mol. The molecule has 16 heavy (non-hydrogen) atoms. The molecule has 0 amide bonds. The van der Waals surface area contributed by atoms with Crippen molar-refractivity contribution in [1.82, 2.24) is 9.78 Å². The zero-order valence-electron chi connectivity index (χ0n) is 10.5. The second-order valence-electron chi connectivity index (χ2n) is 4.04. The van der Waals surface area contributed by atoms with Gasteiger partial charge < -0.3 is 4.74 Å². The lowest BCUT2D eigenvalue weighted by atomic mass is 10.1. The molecule has 0 aliphatic rings. The van der Waals surface area contributed by atoms with Gasteiger partial charge in [0.25, 0.3) is 0 Å². The Labute approximate surface area is 96.6 Å². The van der Waals surface area contributed by atoms with Crippen molar-refractivity contribution < 1.29 is 9.53 Å². The van der Waals surface area contributed by atoms with E-state index in [1.54, 1.807) is 0 Å². The molecule has 4 nitrogen and oxygen atoms in total. The van der Waals surface area contributed by atoms with E-state index in [0.717, 1.165) is 23.4 Å². The summed E-state index contributed by atoms with van der Waals surface area (Å²) in [4.78, 5) is 11.6. The minimum Gasteiger partial charge on any atom is -0.374 e. The van der Waals surface area contributed by atoms with Crippen LogP contribution in [0.2, 0.25) is 0 Å². The topological polar surface area (TPSA) is 44.1 Å². The van der Waals surface area contributed by atoms with E-state index < -0.39 is 0 Å². The molecular weight excluding hydrogens is 204 g/mol. The molecule has 0 saturated heterocycles. The molecule has 0 N–H and O–H groups in total. The Bertz CT molecular complexity index is 369. The predicted octanol–water partition coefficient (Wildman–Crippen LogP) is 1.58. The van der Waals surface area contributed by atoms with Crippen molar-refractivity contribution in [3.05, 3.63) is 17.0 Å². The molecule has 1 aromatic rings.